The van der Waals surface area contributed by atoms with Gasteiger partial charge in [0.1, 0.15) is 0 Å². The topological polar surface area (TPSA) is 64.9 Å². The SMILES string of the molecule is CC(C)(C)C(N)c1nc(-c2cc(F)c(F)c(F)c2)no1. The number of benzene rings is 1. The van der Waals surface area contributed by atoms with E-state index in [1.165, 1.54) is 0 Å². The van der Waals surface area contributed by atoms with Gasteiger partial charge in [-0.15, -0.1) is 0 Å². The molecular weight excluding hydrogens is 271 g/mol. The largest absolute Gasteiger partial charge is 0.337 e. The van der Waals surface area contributed by atoms with Crippen molar-refractivity contribution in [3.63, 3.8) is 0 Å². The summed E-state index contributed by atoms with van der Waals surface area (Å²) in [5.74, 6) is -4.06. The van der Waals surface area contributed by atoms with Gasteiger partial charge in [-0.05, 0) is 17.5 Å². The Morgan fingerprint density at radius 3 is 2.20 bits per heavy atom. The molecule has 0 bridgehead atoms. The van der Waals surface area contributed by atoms with Gasteiger partial charge in [0, 0.05) is 5.56 Å². The van der Waals surface area contributed by atoms with Crippen LogP contribution in [0.4, 0.5) is 13.2 Å². The molecule has 0 amide bonds. The number of hydrogen-bond acceptors (Lipinski definition) is 4. The number of hydrogen-bond donors (Lipinski definition) is 1. The van der Waals surface area contributed by atoms with E-state index < -0.39 is 23.5 Å². The van der Waals surface area contributed by atoms with Gasteiger partial charge in [0.05, 0.1) is 6.04 Å². The Hall–Kier alpha value is -1.89. The molecule has 1 aromatic heterocycles. The van der Waals surface area contributed by atoms with E-state index in [0.717, 1.165) is 12.1 Å². The predicted octanol–water partition coefficient (Wildman–Crippen LogP) is 3.20. The first-order valence-corrected chi connectivity index (χ1v) is 5.94. The van der Waals surface area contributed by atoms with Gasteiger partial charge < -0.3 is 10.3 Å². The zero-order valence-corrected chi connectivity index (χ0v) is 11.2. The predicted molar refractivity (Wildman–Crippen MR) is 66.0 cm³/mol. The normalized spacial score (nSPS) is 13.6. The molecule has 0 saturated heterocycles. The van der Waals surface area contributed by atoms with Crippen LogP contribution in [0, 0.1) is 22.9 Å². The van der Waals surface area contributed by atoms with Crippen LogP contribution in [0.3, 0.4) is 0 Å². The van der Waals surface area contributed by atoms with Crippen LogP contribution in [0.15, 0.2) is 16.7 Å². The Balaban J connectivity index is 2.39. The highest BCUT2D eigenvalue weighted by atomic mass is 19.2. The number of halogens is 3. The van der Waals surface area contributed by atoms with E-state index in [1.807, 2.05) is 20.8 Å². The molecule has 4 nitrogen and oxygen atoms in total. The second kappa shape index (κ2) is 4.90. The van der Waals surface area contributed by atoms with Crippen molar-refractivity contribution in [3.05, 3.63) is 35.5 Å². The van der Waals surface area contributed by atoms with Crippen LogP contribution >= 0.6 is 0 Å². The Bertz CT molecular complexity index is 611. The van der Waals surface area contributed by atoms with E-state index in [2.05, 4.69) is 10.1 Å². The first kappa shape index (κ1) is 14.5. The number of nitrogens with zero attached hydrogens (tertiary/aromatic N) is 2. The minimum absolute atomic E-state index is 0.0162. The van der Waals surface area contributed by atoms with Crippen LogP contribution in [0.2, 0.25) is 0 Å². The molecule has 2 N–H and O–H groups in total. The third-order valence-corrected chi connectivity index (χ3v) is 2.88. The average molecular weight is 285 g/mol. The van der Waals surface area contributed by atoms with Crippen molar-refractivity contribution in [2.24, 2.45) is 11.1 Å². The second-order valence-corrected chi connectivity index (χ2v) is 5.55. The molecule has 0 spiro atoms. The van der Waals surface area contributed by atoms with Crippen molar-refractivity contribution in [3.8, 4) is 11.4 Å². The summed E-state index contributed by atoms with van der Waals surface area (Å²) in [5, 5.41) is 3.61. The third-order valence-electron chi connectivity index (χ3n) is 2.88. The Morgan fingerprint density at radius 2 is 1.70 bits per heavy atom. The minimum atomic E-state index is -1.54. The number of rotatable bonds is 2. The molecule has 0 aliphatic heterocycles. The van der Waals surface area contributed by atoms with E-state index in [9.17, 15) is 13.2 Å². The van der Waals surface area contributed by atoms with Crippen LogP contribution in [0.1, 0.15) is 32.7 Å². The Morgan fingerprint density at radius 1 is 1.15 bits per heavy atom. The monoisotopic (exact) mass is 285 g/mol. The zero-order valence-electron chi connectivity index (χ0n) is 11.2. The maximum atomic E-state index is 13.2. The molecule has 0 saturated carbocycles. The van der Waals surface area contributed by atoms with Gasteiger partial charge in [-0.2, -0.15) is 4.98 Å². The minimum Gasteiger partial charge on any atom is -0.337 e. The fourth-order valence-corrected chi connectivity index (χ4v) is 1.53. The highest BCUT2D eigenvalue weighted by Crippen LogP contribution is 2.30. The summed E-state index contributed by atoms with van der Waals surface area (Å²) in [4.78, 5) is 4.00. The van der Waals surface area contributed by atoms with Crippen LogP contribution in [-0.2, 0) is 0 Å². The highest BCUT2D eigenvalue weighted by molar-refractivity contribution is 5.54. The molecule has 1 heterocycles. The van der Waals surface area contributed by atoms with Crippen molar-refractivity contribution in [1.82, 2.24) is 10.1 Å². The Kier molecular flexibility index (Phi) is 3.56. The summed E-state index contributed by atoms with van der Waals surface area (Å²) >= 11 is 0. The lowest BCUT2D eigenvalue weighted by atomic mass is 9.87. The lowest BCUT2D eigenvalue weighted by Gasteiger charge is -2.23. The molecule has 1 atom stereocenters. The van der Waals surface area contributed by atoms with E-state index >= 15 is 0 Å². The van der Waals surface area contributed by atoms with Crippen molar-refractivity contribution in [2.45, 2.75) is 26.8 Å². The molecule has 1 aromatic carbocycles. The molecule has 0 radical (unpaired) electrons. The third kappa shape index (κ3) is 2.67. The van der Waals surface area contributed by atoms with Gasteiger partial charge in [-0.25, -0.2) is 13.2 Å². The maximum Gasteiger partial charge on any atom is 0.244 e. The molecule has 0 aliphatic rings. The zero-order chi connectivity index (χ0) is 15.1. The van der Waals surface area contributed by atoms with Crippen LogP contribution < -0.4 is 5.73 Å². The molecule has 20 heavy (non-hydrogen) atoms. The first-order chi connectivity index (χ1) is 9.20. The number of aromatic nitrogens is 2. The molecule has 0 aliphatic carbocycles. The summed E-state index contributed by atoms with van der Waals surface area (Å²) in [5.41, 5.74) is 5.61. The summed E-state index contributed by atoms with van der Waals surface area (Å²) in [6, 6.07) is 1.07. The number of nitrogens with two attached hydrogens (primary N) is 1. The van der Waals surface area contributed by atoms with Crippen molar-refractivity contribution < 1.29 is 17.7 Å². The van der Waals surface area contributed by atoms with Crippen molar-refractivity contribution >= 4 is 0 Å². The van der Waals surface area contributed by atoms with Gasteiger partial charge in [0.25, 0.3) is 0 Å². The lowest BCUT2D eigenvalue weighted by molar-refractivity contribution is 0.253. The fraction of sp³-hybridized carbons (Fsp3) is 0.385. The smallest absolute Gasteiger partial charge is 0.244 e. The summed E-state index contributed by atoms with van der Waals surface area (Å²) in [6.45, 7) is 5.66. The summed E-state index contributed by atoms with van der Waals surface area (Å²) in [6.07, 6.45) is 0. The summed E-state index contributed by atoms with van der Waals surface area (Å²) < 4.78 is 44.2. The Labute approximate surface area is 113 Å². The van der Waals surface area contributed by atoms with Crippen LogP contribution in [-0.4, -0.2) is 10.1 Å². The molecule has 0 fully saturated rings. The van der Waals surface area contributed by atoms with E-state index in [1.54, 1.807) is 0 Å². The molecule has 2 aromatic rings. The van der Waals surface area contributed by atoms with Crippen molar-refractivity contribution in [2.75, 3.05) is 0 Å². The molecular formula is C13H14F3N3O. The second-order valence-electron chi connectivity index (χ2n) is 5.55. The van der Waals surface area contributed by atoms with Gasteiger partial charge in [-0.1, -0.05) is 25.9 Å². The summed E-state index contributed by atoms with van der Waals surface area (Å²) in [7, 11) is 0. The standard InChI is InChI=1S/C13H14F3N3O/c1-13(2,3)10(17)12-18-11(19-20-12)6-4-7(14)9(16)8(15)5-6/h4-5,10H,17H2,1-3H3. The van der Waals surface area contributed by atoms with Gasteiger partial charge in [-0.3, -0.25) is 0 Å². The molecule has 108 valence electrons. The maximum absolute atomic E-state index is 13.2. The van der Waals surface area contributed by atoms with Gasteiger partial charge in [0.15, 0.2) is 17.5 Å². The van der Waals surface area contributed by atoms with E-state index in [0.29, 0.717) is 0 Å². The fourth-order valence-electron chi connectivity index (χ4n) is 1.53. The first-order valence-electron chi connectivity index (χ1n) is 5.94. The van der Waals surface area contributed by atoms with Crippen molar-refractivity contribution in [1.29, 1.82) is 0 Å². The van der Waals surface area contributed by atoms with E-state index in [-0.39, 0.29) is 22.7 Å². The molecule has 7 heteroatoms. The highest BCUT2D eigenvalue weighted by Gasteiger charge is 2.28. The van der Waals surface area contributed by atoms with Crippen LogP contribution in [0.5, 0.6) is 0 Å². The molecule has 2 rings (SSSR count). The molecule has 1 unspecified atom stereocenters. The van der Waals surface area contributed by atoms with Gasteiger partial charge >= 0.3 is 0 Å². The quantitative estimate of drug-likeness (QED) is 0.860. The lowest BCUT2D eigenvalue weighted by Crippen LogP contribution is -2.26. The van der Waals surface area contributed by atoms with Gasteiger partial charge in [0.2, 0.25) is 11.7 Å². The average Bonchev–Trinajstić information content (AvgIpc) is 2.82. The van der Waals surface area contributed by atoms with E-state index in [4.69, 9.17) is 10.3 Å². The van der Waals surface area contributed by atoms with Crippen LogP contribution in [0.25, 0.3) is 11.4 Å².